The zero-order chi connectivity index (χ0) is 14.0. The van der Waals surface area contributed by atoms with E-state index in [0.29, 0.717) is 20.8 Å². The molecule has 1 N–H and O–H groups in total. The lowest BCUT2D eigenvalue weighted by atomic mass is 10.2. The molecule has 0 aliphatic heterocycles. The number of aromatic nitrogens is 1. The van der Waals surface area contributed by atoms with Crippen LogP contribution in [-0.2, 0) is 5.75 Å². The van der Waals surface area contributed by atoms with E-state index in [2.05, 4.69) is 4.98 Å². The number of benzene rings is 1. The van der Waals surface area contributed by atoms with Crippen LogP contribution >= 0.6 is 46.6 Å². The molecule has 0 amide bonds. The van der Waals surface area contributed by atoms with Crippen LogP contribution in [0.3, 0.4) is 0 Å². The number of hydrogen-bond acceptors (Lipinski definition) is 2. The zero-order valence-electron chi connectivity index (χ0n) is 9.97. The molecule has 19 heavy (non-hydrogen) atoms. The molecule has 2 rings (SSSR count). The van der Waals surface area contributed by atoms with E-state index >= 15 is 0 Å². The number of aromatic amines is 1. The van der Waals surface area contributed by atoms with Crippen molar-refractivity contribution >= 4 is 46.6 Å². The maximum Gasteiger partial charge on any atom is 0.182 e. The Hall–Kier alpha value is -0.610. The highest BCUT2D eigenvalue weighted by Crippen LogP contribution is 2.35. The van der Waals surface area contributed by atoms with E-state index in [4.69, 9.17) is 34.8 Å². The molecule has 0 bridgehead atoms. The highest BCUT2D eigenvalue weighted by Gasteiger charge is 2.10. The second kappa shape index (κ2) is 6.23. The molecule has 1 aromatic carbocycles. The van der Waals surface area contributed by atoms with Crippen molar-refractivity contribution in [3.8, 4) is 0 Å². The predicted octanol–water partition coefficient (Wildman–Crippen LogP) is 4.94. The highest BCUT2D eigenvalue weighted by atomic mass is 35.5. The Morgan fingerprint density at radius 3 is 2.53 bits per heavy atom. The Morgan fingerprint density at radius 1 is 1.16 bits per heavy atom. The number of nitrogens with one attached hydrogen (secondary N) is 1. The Morgan fingerprint density at radius 2 is 1.84 bits per heavy atom. The largest absolute Gasteiger partial charge is 0.354 e. The number of rotatable bonds is 3. The molecule has 0 saturated heterocycles. The summed E-state index contributed by atoms with van der Waals surface area (Å²) in [5, 5.41) is 2.27. The van der Waals surface area contributed by atoms with E-state index in [9.17, 15) is 4.79 Å². The minimum atomic E-state index is -0.0259. The summed E-state index contributed by atoms with van der Waals surface area (Å²) in [5.41, 5.74) is 1.56. The third-order valence-electron chi connectivity index (χ3n) is 2.46. The lowest BCUT2D eigenvalue weighted by molar-refractivity contribution is 1.05. The Balaban J connectivity index is 2.23. The number of halogens is 3. The minimum absolute atomic E-state index is 0.0259. The summed E-state index contributed by atoms with van der Waals surface area (Å²) in [7, 11) is 0. The van der Waals surface area contributed by atoms with Crippen LogP contribution in [0.25, 0.3) is 0 Å². The van der Waals surface area contributed by atoms with Gasteiger partial charge in [-0.25, -0.2) is 0 Å². The van der Waals surface area contributed by atoms with Crippen molar-refractivity contribution in [2.75, 3.05) is 0 Å². The molecule has 2 nitrogen and oxygen atoms in total. The van der Waals surface area contributed by atoms with Gasteiger partial charge in [0.1, 0.15) is 0 Å². The lowest BCUT2D eigenvalue weighted by Gasteiger charge is -2.08. The molecule has 1 aromatic heterocycles. The van der Waals surface area contributed by atoms with Crippen LogP contribution in [0.15, 0.2) is 34.1 Å². The molecule has 0 aliphatic carbocycles. The van der Waals surface area contributed by atoms with Gasteiger partial charge in [-0.05, 0) is 19.1 Å². The molecule has 0 atom stereocenters. The molecule has 6 heteroatoms. The van der Waals surface area contributed by atoms with Crippen LogP contribution in [0.2, 0.25) is 15.1 Å². The van der Waals surface area contributed by atoms with E-state index in [1.807, 2.05) is 6.92 Å². The summed E-state index contributed by atoms with van der Waals surface area (Å²) in [5.74, 6) is 0.539. The van der Waals surface area contributed by atoms with Gasteiger partial charge in [-0.15, -0.1) is 11.8 Å². The zero-order valence-corrected chi connectivity index (χ0v) is 13.1. The Labute approximate surface area is 130 Å². The molecule has 0 aliphatic rings. The van der Waals surface area contributed by atoms with E-state index in [-0.39, 0.29) is 5.43 Å². The smallest absolute Gasteiger partial charge is 0.182 e. The average Bonchev–Trinajstić information content (AvgIpc) is 2.33. The second-order valence-electron chi connectivity index (χ2n) is 3.97. The van der Waals surface area contributed by atoms with Crippen molar-refractivity contribution in [1.29, 1.82) is 0 Å². The SMILES string of the molecule is Cc1cc(=O)cc(SCc2c(Cl)ccc(Cl)c2Cl)[nH]1. The summed E-state index contributed by atoms with van der Waals surface area (Å²) in [6.07, 6.45) is 0. The van der Waals surface area contributed by atoms with E-state index < -0.39 is 0 Å². The molecule has 0 fully saturated rings. The van der Waals surface area contributed by atoms with Crippen LogP contribution in [0.4, 0.5) is 0 Å². The molecular weight excluding hydrogens is 325 g/mol. The first-order chi connectivity index (χ1) is 8.97. The van der Waals surface area contributed by atoms with Crippen molar-refractivity contribution in [2.24, 2.45) is 0 Å². The van der Waals surface area contributed by atoms with Gasteiger partial charge in [0.25, 0.3) is 0 Å². The fraction of sp³-hybridized carbons (Fsp3) is 0.154. The molecule has 0 unspecified atom stereocenters. The molecule has 2 aromatic rings. The fourth-order valence-corrected chi connectivity index (χ4v) is 3.45. The van der Waals surface area contributed by atoms with Gasteiger partial charge in [0.15, 0.2) is 5.43 Å². The van der Waals surface area contributed by atoms with Crippen LogP contribution in [0.5, 0.6) is 0 Å². The van der Waals surface area contributed by atoms with E-state index in [1.165, 1.54) is 11.8 Å². The van der Waals surface area contributed by atoms with Gasteiger partial charge in [0, 0.05) is 34.2 Å². The fourth-order valence-electron chi connectivity index (χ4n) is 1.58. The first-order valence-corrected chi connectivity index (χ1v) is 7.55. The average molecular weight is 335 g/mol. The van der Waals surface area contributed by atoms with Crippen molar-refractivity contribution < 1.29 is 0 Å². The van der Waals surface area contributed by atoms with Gasteiger partial charge < -0.3 is 4.98 Å². The lowest BCUT2D eigenvalue weighted by Crippen LogP contribution is -2.01. The molecule has 100 valence electrons. The summed E-state index contributed by atoms with van der Waals surface area (Å²) >= 11 is 19.6. The van der Waals surface area contributed by atoms with Gasteiger partial charge in [-0.3, -0.25) is 4.79 Å². The van der Waals surface area contributed by atoms with Crippen LogP contribution in [-0.4, -0.2) is 4.98 Å². The van der Waals surface area contributed by atoms with E-state index in [1.54, 1.807) is 24.3 Å². The van der Waals surface area contributed by atoms with E-state index in [0.717, 1.165) is 16.3 Å². The van der Waals surface area contributed by atoms with Gasteiger partial charge in [-0.2, -0.15) is 0 Å². The third kappa shape index (κ3) is 3.69. The Bertz CT molecular complexity index is 669. The topological polar surface area (TPSA) is 32.9 Å². The first-order valence-electron chi connectivity index (χ1n) is 5.43. The van der Waals surface area contributed by atoms with Crippen LogP contribution in [0, 0.1) is 6.92 Å². The monoisotopic (exact) mass is 333 g/mol. The molecule has 0 spiro atoms. The third-order valence-corrected chi connectivity index (χ3v) is 4.62. The van der Waals surface area contributed by atoms with Gasteiger partial charge in [0.05, 0.1) is 15.1 Å². The standard InChI is InChI=1S/C13H10Cl3NOS/c1-7-4-8(18)5-12(17-7)19-6-9-10(14)2-3-11(15)13(9)16/h2-5H,6H2,1H3,(H,17,18). The summed E-state index contributed by atoms with van der Waals surface area (Å²) in [6.45, 7) is 1.84. The number of thioether (sulfide) groups is 1. The maximum atomic E-state index is 11.4. The quantitative estimate of drug-likeness (QED) is 0.637. The van der Waals surface area contributed by atoms with Crippen molar-refractivity contribution in [3.63, 3.8) is 0 Å². The molecular formula is C13H10Cl3NOS. The van der Waals surface area contributed by atoms with Crippen molar-refractivity contribution in [1.82, 2.24) is 4.98 Å². The summed E-state index contributed by atoms with van der Waals surface area (Å²) < 4.78 is 0. The maximum absolute atomic E-state index is 11.4. The van der Waals surface area contributed by atoms with Gasteiger partial charge >= 0.3 is 0 Å². The van der Waals surface area contributed by atoms with Gasteiger partial charge in [0.2, 0.25) is 0 Å². The van der Waals surface area contributed by atoms with Crippen LogP contribution < -0.4 is 5.43 Å². The number of pyridine rings is 1. The highest BCUT2D eigenvalue weighted by molar-refractivity contribution is 7.98. The van der Waals surface area contributed by atoms with Crippen LogP contribution in [0.1, 0.15) is 11.3 Å². The minimum Gasteiger partial charge on any atom is -0.354 e. The number of hydrogen-bond donors (Lipinski definition) is 1. The number of aryl methyl sites for hydroxylation is 1. The Kier molecular flexibility index (Phi) is 4.85. The van der Waals surface area contributed by atoms with Crippen molar-refractivity contribution in [3.05, 3.63) is 60.8 Å². The molecule has 0 radical (unpaired) electrons. The summed E-state index contributed by atoms with van der Waals surface area (Å²) in [4.78, 5) is 14.5. The second-order valence-corrected chi connectivity index (χ2v) is 6.18. The predicted molar refractivity (Wildman–Crippen MR) is 82.8 cm³/mol. The normalized spacial score (nSPS) is 10.7. The van der Waals surface area contributed by atoms with Gasteiger partial charge in [-0.1, -0.05) is 34.8 Å². The molecule has 1 heterocycles. The first kappa shape index (κ1) is 14.8. The van der Waals surface area contributed by atoms with Crippen molar-refractivity contribution in [2.45, 2.75) is 17.7 Å². The summed E-state index contributed by atoms with van der Waals surface area (Å²) in [6, 6.07) is 6.47. The molecule has 0 saturated carbocycles. The number of H-pyrrole nitrogens is 1.